The number of nitrogens with zero attached hydrogens (tertiary/aromatic N) is 1. The molecule has 1 unspecified atom stereocenters. The van der Waals surface area contributed by atoms with E-state index in [1.54, 1.807) is 0 Å². The molecule has 1 aromatic rings. The number of thioether (sulfide) groups is 1. The van der Waals surface area contributed by atoms with Crippen LogP contribution < -0.4 is 0 Å². The fourth-order valence-corrected chi connectivity index (χ4v) is 3.96. The molecule has 1 saturated heterocycles. The number of hydrogen-bond donors (Lipinski definition) is 1. The Labute approximate surface area is 99.1 Å². The summed E-state index contributed by atoms with van der Waals surface area (Å²) in [6, 6.07) is 4.08. The molecular formula is C10H11NS3. The zero-order valence-electron chi connectivity index (χ0n) is 7.64. The van der Waals surface area contributed by atoms with Crippen LogP contribution in [0.4, 0.5) is 0 Å². The molecule has 0 saturated carbocycles. The number of rotatable bonds is 2. The van der Waals surface area contributed by atoms with E-state index in [0.717, 1.165) is 10.6 Å². The van der Waals surface area contributed by atoms with Crippen molar-refractivity contribution in [1.82, 2.24) is 4.98 Å². The summed E-state index contributed by atoms with van der Waals surface area (Å²) in [7, 11) is 0. The van der Waals surface area contributed by atoms with Gasteiger partial charge in [-0.05, 0) is 36.3 Å². The minimum Gasteiger partial charge on any atom is -0.265 e. The standard InChI is InChI=1S/C10H11NS3/c12-9(13)10(4-1-7-14-10)8-2-5-11-6-3-8/h2-3,5-6H,1,4,7H2,(H,12,13). The normalized spacial score (nSPS) is 26.4. The first-order chi connectivity index (χ1) is 6.76. The molecule has 0 amide bonds. The van der Waals surface area contributed by atoms with Gasteiger partial charge < -0.3 is 0 Å². The summed E-state index contributed by atoms with van der Waals surface area (Å²) >= 11 is 11.6. The SMILES string of the molecule is S=C(S)C1(c2ccncc2)CCCS1. The van der Waals surface area contributed by atoms with E-state index in [4.69, 9.17) is 12.2 Å². The Kier molecular flexibility index (Phi) is 3.14. The number of aromatic nitrogens is 1. The molecule has 2 heterocycles. The summed E-state index contributed by atoms with van der Waals surface area (Å²) in [5.41, 5.74) is 1.25. The largest absolute Gasteiger partial charge is 0.265 e. The Morgan fingerprint density at radius 2 is 2.21 bits per heavy atom. The molecule has 0 aliphatic carbocycles. The van der Waals surface area contributed by atoms with Crippen molar-refractivity contribution in [3.63, 3.8) is 0 Å². The minimum atomic E-state index is -0.0403. The molecule has 1 nitrogen and oxygen atoms in total. The maximum absolute atomic E-state index is 5.27. The summed E-state index contributed by atoms with van der Waals surface area (Å²) in [6.07, 6.45) is 5.96. The van der Waals surface area contributed by atoms with Crippen LogP contribution in [-0.2, 0) is 4.75 Å². The topological polar surface area (TPSA) is 12.9 Å². The van der Waals surface area contributed by atoms with Gasteiger partial charge in [0, 0.05) is 12.4 Å². The molecule has 0 N–H and O–H groups in total. The van der Waals surface area contributed by atoms with Crippen molar-refractivity contribution in [3.8, 4) is 0 Å². The molecule has 2 rings (SSSR count). The lowest BCUT2D eigenvalue weighted by atomic mass is 9.96. The van der Waals surface area contributed by atoms with E-state index < -0.39 is 0 Å². The molecule has 74 valence electrons. The van der Waals surface area contributed by atoms with Crippen LogP contribution in [0.5, 0.6) is 0 Å². The number of thiol groups is 1. The first-order valence-electron chi connectivity index (χ1n) is 4.53. The summed E-state index contributed by atoms with van der Waals surface area (Å²) in [4.78, 5) is 4.03. The van der Waals surface area contributed by atoms with Crippen molar-refractivity contribution in [2.24, 2.45) is 0 Å². The van der Waals surface area contributed by atoms with Crippen LogP contribution in [0.25, 0.3) is 0 Å². The van der Waals surface area contributed by atoms with Crippen LogP contribution in [0.3, 0.4) is 0 Å². The molecule has 0 aromatic carbocycles. The quantitative estimate of drug-likeness (QED) is 0.632. The van der Waals surface area contributed by atoms with E-state index >= 15 is 0 Å². The maximum atomic E-state index is 5.27. The van der Waals surface area contributed by atoms with Gasteiger partial charge in [0.05, 0.1) is 8.94 Å². The molecule has 14 heavy (non-hydrogen) atoms. The molecule has 0 spiro atoms. The Morgan fingerprint density at radius 3 is 2.71 bits per heavy atom. The molecule has 1 aliphatic rings. The zero-order valence-corrected chi connectivity index (χ0v) is 10.2. The smallest absolute Gasteiger partial charge is 0.0817 e. The second-order valence-corrected chi connectivity index (χ2v) is 5.87. The van der Waals surface area contributed by atoms with Gasteiger partial charge >= 0.3 is 0 Å². The molecule has 1 fully saturated rings. The Bertz CT molecular complexity index is 330. The van der Waals surface area contributed by atoms with E-state index in [9.17, 15) is 0 Å². The van der Waals surface area contributed by atoms with Gasteiger partial charge in [0.15, 0.2) is 0 Å². The second-order valence-electron chi connectivity index (χ2n) is 3.32. The lowest BCUT2D eigenvalue weighted by Gasteiger charge is -2.26. The maximum Gasteiger partial charge on any atom is 0.0817 e. The van der Waals surface area contributed by atoms with Crippen LogP contribution in [0.15, 0.2) is 24.5 Å². The van der Waals surface area contributed by atoms with Gasteiger partial charge in [-0.1, -0.05) is 12.2 Å². The van der Waals surface area contributed by atoms with Crippen molar-refractivity contribution in [2.45, 2.75) is 17.6 Å². The number of hydrogen-bond acceptors (Lipinski definition) is 3. The molecule has 1 aromatic heterocycles. The second kappa shape index (κ2) is 4.21. The van der Waals surface area contributed by atoms with E-state index in [0.29, 0.717) is 0 Å². The van der Waals surface area contributed by atoms with Crippen LogP contribution in [0.1, 0.15) is 18.4 Å². The predicted molar refractivity (Wildman–Crippen MR) is 69.2 cm³/mol. The van der Waals surface area contributed by atoms with Crippen molar-refractivity contribution < 1.29 is 0 Å². The van der Waals surface area contributed by atoms with E-state index in [-0.39, 0.29) is 4.75 Å². The van der Waals surface area contributed by atoms with Crippen molar-refractivity contribution in [3.05, 3.63) is 30.1 Å². The number of thiocarbonyl (C=S) groups is 1. The highest BCUT2D eigenvalue weighted by atomic mass is 32.2. The zero-order chi connectivity index (χ0) is 10.0. The number of pyridine rings is 1. The van der Waals surface area contributed by atoms with Gasteiger partial charge in [0.25, 0.3) is 0 Å². The molecule has 0 bridgehead atoms. The molecule has 1 atom stereocenters. The fourth-order valence-electron chi connectivity index (χ4n) is 1.78. The van der Waals surface area contributed by atoms with E-state index in [1.165, 1.54) is 17.7 Å². The van der Waals surface area contributed by atoms with Gasteiger partial charge in [-0.15, -0.1) is 24.4 Å². The predicted octanol–water partition coefficient (Wildman–Crippen LogP) is 3.06. The average Bonchev–Trinajstić information content (AvgIpc) is 2.69. The van der Waals surface area contributed by atoms with Gasteiger partial charge in [0.2, 0.25) is 0 Å². The highest BCUT2D eigenvalue weighted by Crippen LogP contribution is 2.48. The van der Waals surface area contributed by atoms with Crippen LogP contribution >= 0.6 is 36.6 Å². The van der Waals surface area contributed by atoms with E-state index in [2.05, 4.69) is 17.6 Å². The van der Waals surface area contributed by atoms with Crippen molar-refractivity contribution in [2.75, 3.05) is 5.75 Å². The third-order valence-corrected chi connectivity index (χ3v) is 5.15. The Balaban J connectivity index is 2.42. The van der Waals surface area contributed by atoms with Gasteiger partial charge in [-0.25, -0.2) is 0 Å². The molecule has 4 heteroatoms. The highest BCUT2D eigenvalue weighted by Gasteiger charge is 2.38. The first kappa shape index (κ1) is 10.5. The summed E-state index contributed by atoms with van der Waals surface area (Å²) in [5, 5.41) is 0. The average molecular weight is 241 g/mol. The van der Waals surface area contributed by atoms with Crippen LogP contribution in [-0.4, -0.2) is 14.9 Å². The molecule has 1 aliphatic heterocycles. The van der Waals surface area contributed by atoms with Gasteiger partial charge in [-0.2, -0.15) is 0 Å². The Morgan fingerprint density at radius 1 is 1.50 bits per heavy atom. The van der Waals surface area contributed by atoms with Gasteiger partial charge in [-0.3, -0.25) is 4.98 Å². The first-order valence-corrected chi connectivity index (χ1v) is 6.38. The van der Waals surface area contributed by atoms with Gasteiger partial charge in [0.1, 0.15) is 0 Å². The third-order valence-electron chi connectivity index (χ3n) is 2.51. The lowest BCUT2D eigenvalue weighted by Crippen LogP contribution is -2.24. The third kappa shape index (κ3) is 1.71. The highest BCUT2D eigenvalue weighted by molar-refractivity contribution is 8.15. The molecule has 0 radical (unpaired) electrons. The lowest BCUT2D eigenvalue weighted by molar-refractivity contribution is 0.754. The van der Waals surface area contributed by atoms with Crippen LogP contribution in [0, 0.1) is 0 Å². The van der Waals surface area contributed by atoms with Crippen molar-refractivity contribution >= 4 is 40.8 Å². The Hall–Kier alpha value is -0.0600. The summed E-state index contributed by atoms with van der Waals surface area (Å²) in [5.74, 6) is 1.17. The van der Waals surface area contributed by atoms with Crippen molar-refractivity contribution in [1.29, 1.82) is 0 Å². The minimum absolute atomic E-state index is 0.0403. The monoisotopic (exact) mass is 241 g/mol. The molecular weight excluding hydrogens is 230 g/mol. The van der Waals surface area contributed by atoms with Crippen LogP contribution in [0.2, 0.25) is 0 Å². The summed E-state index contributed by atoms with van der Waals surface area (Å²) < 4.78 is 0.757. The summed E-state index contributed by atoms with van der Waals surface area (Å²) in [6.45, 7) is 0. The fraction of sp³-hybridized carbons (Fsp3) is 0.400. The van der Waals surface area contributed by atoms with E-state index in [1.807, 2.05) is 36.3 Å².